The lowest BCUT2D eigenvalue weighted by molar-refractivity contribution is -0.132. The standard InChI is InChI=1S/C14H28N2O/c1-11-7-6-8-15-12(11)9-13(17)16(5)10-14(2,3)4/h11-12,15H,6-10H2,1-5H3. The van der Waals surface area contributed by atoms with Crippen molar-refractivity contribution in [3.63, 3.8) is 0 Å². The molecule has 1 rings (SSSR count). The lowest BCUT2D eigenvalue weighted by atomic mass is 9.90. The Balaban J connectivity index is 2.42. The molecule has 0 spiro atoms. The van der Waals surface area contributed by atoms with Crippen LogP contribution in [0.4, 0.5) is 0 Å². The molecule has 2 atom stereocenters. The van der Waals surface area contributed by atoms with Gasteiger partial charge in [-0.1, -0.05) is 27.7 Å². The normalized spacial score (nSPS) is 25.7. The highest BCUT2D eigenvalue weighted by atomic mass is 16.2. The van der Waals surface area contributed by atoms with Gasteiger partial charge in [-0.3, -0.25) is 4.79 Å². The Bertz CT molecular complexity index is 257. The van der Waals surface area contributed by atoms with Gasteiger partial charge in [0.2, 0.25) is 5.91 Å². The molecule has 0 aromatic heterocycles. The average Bonchev–Trinajstić information content (AvgIpc) is 2.18. The highest BCUT2D eigenvalue weighted by Gasteiger charge is 2.25. The summed E-state index contributed by atoms with van der Waals surface area (Å²) < 4.78 is 0. The highest BCUT2D eigenvalue weighted by molar-refractivity contribution is 5.76. The van der Waals surface area contributed by atoms with Gasteiger partial charge < -0.3 is 10.2 Å². The van der Waals surface area contributed by atoms with Crippen molar-refractivity contribution in [3.8, 4) is 0 Å². The molecule has 1 N–H and O–H groups in total. The highest BCUT2D eigenvalue weighted by Crippen LogP contribution is 2.20. The van der Waals surface area contributed by atoms with E-state index in [1.807, 2.05) is 11.9 Å². The van der Waals surface area contributed by atoms with Crippen LogP contribution >= 0.6 is 0 Å². The number of carbonyl (C=O) groups excluding carboxylic acids is 1. The van der Waals surface area contributed by atoms with Gasteiger partial charge >= 0.3 is 0 Å². The minimum atomic E-state index is 0.177. The van der Waals surface area contributed by atoms with Gasteiger partial charge in [0.15, 0.2) is 0 Å². The Morgan fingerprint density at radius 2 is 2.06 bits per heavy atom. The molecule has 0 aromatic carbocycles. The summed E-state index contributed by atoms with van der Waals surface area (Å²) in [6.45, 7) is 10.6. The number of piperidine rings is 1. The third-order valence-corrected chi connectivity index (χ3v) is 3.46. The van der Waals surface area contributed by atoms with E-state index >= 15 is 0 Å². The van der Waals surface area contributed by atoms with E-state index in [-0.39, 0.29) is 11.3 Å². The molecule has 0 bridgehead atoms. The number of carbonyl (C=O) groups is 1. The first-order valence-corrected chi connectivity index (χ1v) is 6.77. The molecule has 0 saturated carbocycles. The van der Waals surface area contributed by atoms with E-state index in [1.165, 1.54) is 12.8 Å². The first-order valence-electron chi connectivity index (χ1n) is 6.77. The SMILES string of the molecule is CC1CCCNC1CC(=O)N(C)CC(C)(C)C. The van der Waals surface area contributed by atoms with Crippen LogP contribution < -0.4 is 5.32 Å². The van der Waals surface area contributed by atoms with Gasteiger partial charge in [0.25, 0.3) is 0 Å². The lowest BCUT2D eigenvalue weighted by Crippen LogP contribution is -2.45. The van der Waals surface area contributed by atoms with Crippen LogP contribution in [0.5, 0.6) is 0 Å². The monoisotopic (exact) mass is 240 g/mol. The molecule has 1 fully saturated rings. The smallest absolute Gasteiger partial charge is 0.223 e. The summed E-state index contributed by atoms with van der Waals surface area (Å²) in [7, 11) is 1.92. The Kier molecular flexibility index (Phi) is 4.99. The van der Waals surface area contributed by atoms with Gasteiger partial charge in [0, 0.05) is 26.1 Å². The summed E-state index contributed by atoms with van der Waals surface area (Å²) in [4.78, 5) is 14.0. The molecule has 1 aliphatic rings. The van der Waals surface area contributed by atoms with E-state index in [0.29, 0.717) is 18.4 Å². The summed E-state index contributed by atoms with van der Waals surface area (Å²) in [5.41, 5.74) is 0.177. The Labute approximate surface area is 106 Å². The molecule has 0 radical (unpaired) electrons. The third kappa shape index (κ3) is 5.07. The summed E-state index contributed by atoms with van der Waals surface area (Å²) in [6, 6.07) is 0.374. The number of nitrogens with zero attached hydrogens (tertiary/aromatic N) is 1. The fourth-order valence-corrected chi connectivity index (χ4v) is 2.53. The van der Waals surface area contributed by atoms with Crippen LogP contribution in [-0.4, -0.2) is 37.0 Å². The molecular formula is C14H28N2O. The van der Waals surface area contributed by atoms with E-state index in [0.717, 1.165) is 13.1 Å². The van der Waals surface area contributed by atoms with Crippen molar-refractivity contribution in [3.05, 3.63) is 0 Å². The molecule has 1 amide bonds. The van der Waals surface area contributed by atoms with Crippen molar-refractivity contribution in [1.29, 1.82) is 0 Å². The topological polar surface area (TPSA) is 32.3 Å². The van der Waals surface area contributed by atoms with Crippen molar-refractivity contribution in [2.24, 2.45) is 11.3 Å². The number of amides is 1. The molecule has 3 heteroatoms. The second-order valence-electron chi connectivity index (χ2n) is 6.69. The van der Waals surface area contributed by atoms with Crippen LogP contribution in [0.1, 0.15) is 47.0 Å². The molecule has 0 aromatic rings. The molecule has 0 aliphatic carbocycles. The predicted molar refractivity (Wildman–Crippen MR) is 71.9 cm³/mol. The number of rotatable bonds is 3. The summed E-state index contributed by atoms with van der Waals surface area (Å²) in [5.74, 6) is 0.891. The molecular weight excluding hydrogens is 212 g/mol. The number of hydrogen-bond acceptors (Lipinski definition) is 2. The second kappa shape index (κ2) is 5.85. The second-order valence-corrected chi connectivity index (χ2v) is 6.69. The first-order chi connectivity index (χ1) is 7.79. The maximum absolute atomic E-state index is 12.1. The fourth-order valence-electron chi connectivity index (χ4n) is 2.53. The van der Waals surface area contributed by atoms with Crippen molar-refractivity contribution in [2.75, 3.05) is 20.1 Å². The molecule has 100 valence electrons. The third-order valence-electron chi connectivity index (χ3n) is 3.46. The maximum atomic E-state index is 12.1. The Morgan fingerprint density at radius 1 is 1.41 bits per heavy atom. The Morgan fingerprint density at radius 3 is 2.59 bits per heavy atom. The van der Waals surface area contributed by atoms with E-state index < -0.39 is 0 Å². The summed E-state index contributed by atoms with van der Waals surface area (Å²) in [6.07, 6.45) is 3.13. The van der Waals surface area contributed by atoms with Gasteiger partial charge in [-0.05, 0) is 30.7 Å². The molecule has 17 heavy (non-hydrogen) atoms. The van der Waals surface area contributed by atoms with Gasteiger partial charge in [-0.25, -0.2) is 0 Å². The quantitative estimate of drug-likeness (QED) is 0.821. The zero-order valence-corrected chi connectivity index (χ0v) is 12.0. The van der Waals surface area contributed by atoms with Crippen molar-refractivity contribution < 1.29 is 4.79 Å². The van der Waals surface area contributed by atoms with Crippen molar-refractivity contribution >= 4 is 5.91 Å². The molecule has 2 unspecified atom stereocenters. The summed E-state index contributed by atoms with van der Waals surface area (Å²) >= 11 is 0. The number of nitrogens with one attached hydrogen (secondary N) is 1. The average molecular weight is 240 g/mol. The van der Waals surface area contributed by atoms with E-state index in [2.05, 4.69) is 33.0 Å². The van der Waals surface area contributed by atoms with Crippen LogP contribution in [0.2, 0.25) is 0 Å². The van der Waals surface area contributed by atoms with E-state index in [4.69, 9.17) is 0 Å². The molecule has 1 aliphatic heterocycles. The maximum Gasteiger partial charge on any atom is 0.223 e. The van der Waals surface area contributed by atoms with E-state index in [1.54, 1.807) is 0 Å². The predicted octanol–water partition coefficient (Wildman–Crippen LogP) is 2.27. The fraction of sp³-hybridized carbons (Fsp3) is 0.929. The van der Waals surface area contributed by atoms with Gasteiger partial charge in [0.05, 0.1) is 0 Å². The van der Waals surface area contributed by atoms with Gasteiger partial charge in [-0.15, -0.1) is 0 Å². The number of hydrogen-bond donors (Lipinski definition) is 1. The van der Waals surface area contributed by atoms with Crippen LogP contribution in [0, 0.1) is 11.3 Å². The van der Waals surface area contributed by atoms with Crippen LogP contribution in [0.25, 0.3) is 0 Å². The molecule has 1 saturated heterocycles. The van der Waals surface area contributed by atoms with Crippen molar-refractivity contribution in [1.82, 2.24) is 10.2 Å². The zero-order valence-electron chi connectivity index (χ0n) is 12.0. The zero-order chi connectivity index (χ0) is 13.1. The van der Waals surface area contributed by atoms with E-state index in [9.17, 15) is 4.79 Å². The van der Waals surface area contributed by atoms with Gasteiger partial charge in [0.1, 0.15) is 0 Å². The molecule has 3 nitrogen and oxygen atoms in total. The van der Waals surface area contributed by atoms with Crippen LogP contribution in [0.3, 0.4) is 0 Å². The van der Waals surface area contributed by atoms with Crippen molar-refractivity contribution in [2.45, 2.75) is 53.0 Å². The van der Waals surface area contributed by atoms with Crippen LogP contribution in [-0.2, 0) is 4.79 Å². The lowest BCUT2D eigenvalue weighted by Gasteiger charge is -2.32. The largest absolute Gasteiger partial charge is 0.345 e. The Hall–Kier alpha value is -0.570. The summed E-state index contributed by atoms with van der Waals surface area (Å²) in [5, 5.41) is 3.47. The minimum absolute atomic E-state index is 0.177. The first kappa shape index (κ1) is 14.5. The molecule has 1 heterocycles. The van der Waals surface area contributed by atoms with Crippen LogP contribution in [0.15, 0.2) is 0 Å². The minimum Gasteiger partial charge on any atom is -0.345 e. The van der Waals surface area contributed by atoms with Gasteiger partial charge in [-0.2, -0.15) is 0 Å².